The molecule has 7 heteroatoms. The number of hydrogen-bond acceptors (Lipinski definition) is 6. The van der Waals surface area contributed by atoms with E-state index in [1.165, 1.54) is 71.6 Å². The summed E-state index contributed by atoms with van der Waals surface area (Å²) in [4.78, 5) is 36.0. The van der Waals surface area contributed by atoms with Gasteiger partial charge in [0.15, 0.2) is 0 Å². The van der Waals surface area contributed by atoms with E-state index in [1.54, 1.807) is 0 Å². The van der Waals surface area contributed by atoms with E-state index in [0.29, 0.717) is 6.42 Å². The first-order valence-corrected chi connectivity index (χ1v) is 15.2. The topological polar surface area (TPSA) is 86.7 Å². The molecule has 1 unspecified atom stereocenters. The fraction of sp³-hybridized carbons (Fsp3) is 0.731. The van der Waals surface area contributed by atoms with Crippen LogP contribution in [0.3, 0.4) is 0 Å². The number of allylic oxidation sites excluding steroid dienone is 1. The zero-order valence-corrected chi connectivity index (χ0v) is 22.9. The van der Waals surface area contributed by atoms with Crippen LogP contribution in [-0.4, -0.2) is 16.0 Å². The van der Waals surface area contributed by atoms with Crippen LogP contribution in [-0.2, 0) is 41.7 Å². The molecule has 0 saturated carbocycles. The predicted molar refractivity (Wildman–Crippen MR) is 127 cm³/mol. The van der Waals surface area contributed by atoms with Crippen molar-refractivity contribution >= 4 is 16.0 Å². The SMILES string of the molecule is C=C(C)C(=O)[O][Ti](=[O])([O]C(=O)CCCCCCCCCCCCCCC(C)C)[C](=O)C(=C)C. The molecular weight excluding hydrogens is 456 g/mol. The quantitative estimate of drug-likeness (QED) is 0.0996. The summed E-state index contributed by atoms with van der Waals surface area (Å²) in [5.74, 6) is -0.989. The number of rotatable bonds is 20. The average molecular weight is 502 g/mol. The van der Waals surface area contributed by atoms with E-state index in [2.05, 4.69) is 27.0 Å². The second kappa shape index (κ2) is 18.0. The Morgan fingerprint density at radius 3 is 1.52 bits per heavy atom. The van der Waals surface area contributed by atoms with E-state index in [9.17, 15) is 17.7 Å². The van der Waals surface area contributed by atoms with Gasteiger partial charge in [-0.25, -0.2) is 0 Å². The molecule has 0 aliphatic rings. The predicted octanol–water partition coefficient (Wildman–Crippen LogP) is 7.20. The van der Waals surface area contributed by atoms with Crippen LogP contribution >= 0.6 is 0 Å². The molecule has 189 valence electrons. The van der Waals surface area contributed by atoms with Crippen LogP contribution in [0.2, 0.25) is 0 Å². The number of carbonyl (C=O) groups is 3. The number of carbonyl (C=O) groups excluding carboxylic acids is 3. The van der Waals surface area contributed by atoms with Gasteiger partial charge < -0.3 is 0 Å². The monoisotopic (exact) mass is 501 g/mol. The molecule has 0 radical (unpaired) electrons. The van der Waals surface area contributed by atoms with E-state index in [1.807, 2.05) is 0 Å². The average Bonchev–Trinajstić information content (AvgIpc) is 2.72. The van der Waals surface area contributed by atoms with Gasteiger partial charge >= 0.3 is 160 Å². The van der Waals surface area contributed by atoms with Gasteiger partial charge in [0.25, 0.3) is 0 Å². The third-order valence-corrected chi connectivity index (χ3v) is 8.42. The molecule has 0 amide bonds. The van der Waals surface area contributed by atoms with Crippen molar-refractivity contribution in [3.05, 3.63) is 24.3 Å². The van der Waals surface area contributed by atoms with Gasteiger partial charge in [0.05, 0.1) is 0 Å². The second-order valence-electron chi connectivity index (χ2n) is 9.48. The minimum atomic E-state index is -5.56. The summed E-state index contributed by atoms with van der Waals surface area (Å²) >= 11 is -5.56. The van der Waals surface area contributed by atoms with Crippen LogP contribution in [0, 0.1) is 5.92 Å². The minimum absolute atomic E-state index is 0.0279. The molecule has 0 aliphatic heterocycles. The van der Waals surface area contributed by atoms with Crippen LogP contribution in [0.1, 0.15) is 118 Å². The fourth-order valence-corrected chi connectivity index (χ4v) is 5.83. The van der Waals surface area contributed by atoms with Crippen molar-refractivity contribution in [1.29, 1.82) is 0 Å². The second-order valence-corrected chi connectivity index (χ2v) is 12.6. The van der Waals surface area contributed by atoms with E-state index in [0.717, 1.165) is 25.2 Å². The Kier molecular flexibility index (Phi) is 17.2. The molecule has 6 nitrogen and oxygen atoms in total. The van der Waals surface area contributed by atoms with Crippen molar-refractivity contribution in [2.45, 2.75) is 118 Å². The summed E-state index contributed by atoms with van der Waals surface area (Å²) in [6, 6.07) is 0. The van der Waals surface area contributed by atoms with Crippen LogP contribution in [0.25, 0.3) is 0 Å². The zero-order valence-electron chi connectivity index (χ0n) is 21.3. The number of hydrogen-bond donors (Lipinski definition) is 0. The first kappa shape index (κ1) is 31.6. The van der Waals surface area contributed by atoms with Gasteiger partial charge in [0.1, 0.15) is 0 Å². The van der Waals surface area contributed by atoms with Gasteiger partial charge in [-0.1, -0.05) is 39.5 Å². The summed E-state index contributed by atoms with van der Waals surface area (Å²) in [5, 5.41) is 0. The Morgan fingerprint density at radius 2 is 1.12 bits per heavy atom. The molecule has 0 heterocycles. The standard InChI is InChI=1S/C18H36O2.C4H6O2.C4H5O.O.Ti/c1-17(2)15-13-11-9-7-5-3-4-6-8-10-12-14-16-18(19)20;1-3(2)4(5)6;1-4(2)3-5;;/h17H,3-16H2,1-2H3,(H,19,20);1H2,2H3,(H,5,6);1H2,2H3;;/q;;;;+2/p-2. The van der Waals surface area contributed by atoms with Crippen molar-refractivity contribution in [1.82, 2.24) is 0 Å². The zero-order chi connectivity index (χ0) is 25.3. The van der Waals surface area contributed by atoms with Crippen LogP contribution in [0.4, 0.5) is 0 Å². The normalized spacial score (nSPS) is 12.8. The molecule has 0 spiro atoms. The van der Waals surface area contributed by atoms with Gasteiger partial charge in [0, 0.05) is 0 Å². The van der Waals surface area contributed by atoms with E-state index in [-0.39, 0.29) is 17.6 Å². The fourth-order valence-electron chi connectivity index (χ4n) is 3.37. The molecule has 0 rings (SSSR count). The first-order valence-electron chi connectivity index (χ1n) is 12.5. The van der Waals surface area contributed by atoms with Gasteiger partial charge in [-0.15, -0.1) is 0 Å². The van der Waals surface area contributed by atoms with Crippen molar-refractivity contribution < 1.29 is 41.7 Å². The van der Waals surface area contributed by atoms with Gasteiger partial charge in [-0.05, 0) is 5.92 Å². The van der Waals surface area contributed by atoms with Crippen molar-refractivity contribution in [2.75, 3.05) is 0 Å². The molecule has 0 aromatic heterocycles. The first-order chi connectivity index (χ1) is 15.5. The summed E-state index contributed by atoms with van der Waals surface area (Å²) in [5.41, 5.74) is -0.119. The van der Waals surface area contributed by atoms with Crippen molar-refractivity contribution in [3.8, 4) is 0 Å². The molecule has 0 bridgehead atoms. The van der Waals surface area contributed by atoms with Crippen molar-refractivity contribution in [2.24, 2.45) is 5.92 Å². The number of unbranched alkanes of at least 4 members (excludes halogenated alkanes) is 11. The Morgan fingerprint density at radius 1 is 0.697 bits per heavy atom. The molecule has 0 aliphatic carbocycles. The Labute approximate surface area is 205 Å². The third kappa shape index (κ3) is 16.0. The molecule has 0 saturated heterocycles. The Hall–Kier alpha value is -1.40. The van der Waals surface area contributed by atoms with E-state index in [4.69, 9.17) is 6.64 Å². The molecular formula is C26H45O6Ti. The molecule has 0 fully saturated rings. The van der Waals surface area contributed by atoms with Gasteiger partial charge in [-0.2, -0.15) is 0 Å². The van der Waals surface area contributed by atoms with Gasteiger partial charge in [0.2, 0.25) is 0 Å². The summed E-state index contributed by atoms with van der Waals surface area (Å²) in [7, 11) is 0. The van der Waals surface area contributed by atoms with Gasteiger partial charge in [-0.3, -0.25) is 0 Å². The molecule has 0 aromatic rings. The molecule has 0 aromatic carbocycles. The summed E-state index contributed by atoms with van der Waals surface area (Å²) in [6.45, 7) is 14.0. The van der Waals surface area contributed by atoms with E-state index < -0.39 is 33.4 Å². The molecule has 1 atom stereocenters. The van der Waals surface area contributed by atoms with Crippen LogP contribution in [0.5, 0.6) is 0 Å². The van der Waals surface area contributed by atoms with Crippen molar-refractivity contribution in [3.63, 3.8) is 0 Å². The molecule has 33 heavy (non-hydrogen) atoms. The Balaban J connectivity index is 3.97. The maximum absolute atomic E-state index is 12.8. The van der Waals surface area contributed by atoms with E-state index >= 15 is 0 Å². The van der Waals surface area contributed by atoms with Crippen LogP contribution in [0.15, 0.2) is 24.3 Å². The summed E-state index contributed by atoms with van der Waals surface area (Å²) in [6.07, 6.45) is 15.4. The maximum atomic E-state index is 12.8. The summed E-state index contributed by atoms with van der Waals surface area (Å²) < 4.78 is 21.4. The Bertz CT molecular complexity index is 695. The van der Waals surface area contributed by atoms with Crippen LogP contribution < -0.4 is 0 Å². The molecule has 0 N–H and O–H groups in total. The third-order valence-electron chi connectivity index (χ3n) is 5.40.